The van der Waals surface area contributed by atoms with Crippen molar-refractivity contribution in [3.63, 3.8) is 0 Å². The minimum absolute atomic E-state index is 0.622. The van der Waals surface area contributed by atoms with Gasteiger partial charge in [-0.25, -0.2) is 0 Å². The van der Waals surface area contributed by atoms with Crippen LogP contribution in [0.15, 0.2) is 18.2 Å². The van der Waals surface area contributed by atoms with Crippen LogP contribution in [0.25, 0.3) is 10.9 Å². The van der Waals surface area contributed by atoms with Crippen molar-refractivity contribution in [3.8, 4) is 5.75 Å². The van der Waals surface area contributed by atoms with Gasteiger partial charge in [-0.2, -0.15) is 0 Å². The van der Waals surface area contributed by atoms with Crippen LogP contribution in [0.5, 0.6) is 5.75 Å². The second kappa shape index (κ2) is 5.27. The Hall–Kier alpha value is -1.48. The zero-order valence-corrected chi connectivity index (χ0v) is 14.0. The number of hydrogen-bond donors (Lipinski definition) is 1. The van der Waals surface area contributed by atoms with E-state index in [1.807, 2.05) is 0 Å². The number of ether oxygens (including phenoxy) is 1. The largest absolute Gasteiger partial charge is 0.497 e. The van der Waals surface area contributed by atoms with E-state index in [0.717, 1.165) is 17.6 Å². The lowest BCUT2D eigenvalue weighted by atomic mass is 9.71. The summed E-state index contributed by atoms with van der Waals surface area (Å²) in [5.74, 6) is 2.89. The molecule has 122 valence electrons. The maximum Gasteiger partial charge on any atom is 0.119 e. The Bertz CT molecular complexity index is 735. The molecule has 0 spiro atoms. The first-order valence-corrected chi connectivity index (χ1v) is 9.26. The van der Waals surface area contributed by atoms with Crippen molar-refractivity contribution in [1.29, 1.82) is 0 Å². The second-order valence-corrected chi connectivity index (χ2v) is 7.73. The molecule has 0 amide bonds. The summed E-state index contributed by atoms with van der Waals surface area (Å²) in [5.41, 5.74) is 4.33. The molecule has 2 fully saturated rings. The Balaban J connectivity index is 1.55. The smallest absolute Gasteiger partial charge is 0.119 e. The molecule has 3 aliphatic rings. The molecule has 5 rings (SSSR count). The lowest BCUT2D eigenvalue weighted by Gasteiger charge is -2.48. The van der Waals surface area contributed by atoms with E-state index in [4.69, 9.17) is 4.74 Å². The van der Waals surface area contributed by atoms with Crippen LogP contribution >= 0.6 is 0 Å². The van der Waals surface area contributed by atoms with Crippen molar-refractivity contribution in [2.24, 2.45) is 11.8 Å². The average Bonchev–Trinajstić information content (AvgIpc) is 2.98. The zero-order chi connectivity index (χ0) is 15.4. The third-order valence-corrected chi connectivity index (χ3v) is 6.63. The molecule has 1 aromatic heterocycles. The fourth-order valence-corrected chi connectivity index (χ4v) is 5.43. The van der Waals surface area contributed by atoms with Gasteiger partial charge in [0.15, 0.2) is 0 Å². The summed E-state index contributed by atoms with van der Waals surface area (Å²) in [6.45, 7) is 2.55. The molecular formula is C20H26N2O. The van der Waals surface area contributed by atoms with Gasteiger partial charge in [0.2, 0.25) is 0 Å². The van der Waals surface area contributed by atoms with Gasteiger partial charge in [-0.1, -0.05) is 19.3 Å². The van der Waals surface area contributed by atoms with E-state index in [9.17, 15) is 0 Å². The number of benzene rings is 1. The average molecular weight is 310 g/mol. The number of hydrogen-bond acceptors (Lipinski definition) is 2. The molecule has 1 aliphatic carbocycles. The highest BCUT2D eigenvalue weighted by atomic mass is 16.5. The van der Waals surface area contributed by atoms with Crippen molar-refractivity contribution >= 4 is 10.9 Å². The van der Waals surface area contributed by atoms with Gasteiger partial charge in [-0.3, -0.25) is 4.90 Å². The van der Waals surface area contributed by atoms with Gasteiger partial charge in [0.1, 0.15) is 5.75 Å². The molecule has 23 heavy (non-hydrogen) atoms. The van der Waals surface area contributed by atoms with Crippen molar-refractivity contribution < 1.29 is 4.74 Å². The van der Waals surface area contributed by atoms with E-state index in [1.165, 1.54) is 68.2 Å². The number of piperidine rings is 1. The van der Waals surface area contributed by atoms with E-state index < -0.39 is 0 Å². The van der Waals surface area contributed by atoms with Crippen LogP contribution in [0.2, 0.25) is 0 Å². The van der Waals surface area contributed by atoms with E-state index in [0.29, 0.717) is 6.04 Å². The SMILES string of the molecule is COc1ccc2[nH]c3c(c2c1)CCN1CC2CCCCC2CC31. The number of nitrogens with one attached hydrogen (secondary N) is 1. The third-order valence-electron chi connectivity index (χ3n) is 6.63. The van der Waals surface area contributed by atoms with E-state index >= 15 is 0 Å². The van der Waals surface area contributed by atoms with Crippen LogP contribution in [-0.2, 0) is 6.42 Å². The van der Waals surface area contributed by atoms with Crippen LogP contribution in [0.4, 0.5) is 0 Å². The van der Waals surface area contributed by atoms with Crippen LogP contribution in [0.3, 0.4) is 0 Å². The highest BCUT2D eigenvalue weighted by Crippen LogP contribution is 2.47. The molecular weight excluding hydrogens is 284 g/mol. The summed E-state index contributed by atoms with van der Waals surface area (Å²) in [6.07, 6.45) is 8.36. The fraction of sp³-hybridized carbons (Fsp3) is 0.600. The molecule has 2 aromatic rings. The van der Waals surface area contributed by atoms with Gasteiger partial charge < -0.3 is 9.72 Å². The summed E-state index contributed by atoms with van der Waals surface area (Å²) in [7, 11) is 1.76. The molecule has 3 nitrogen and oxygen atoms in total. The summed E-state index contributed by atoms with van der Waals surface area (Å²) in [4.78, 5) is 6.53. The standard InChI is InChI=1S/C20H26N2O/c1-23-15-6-7-18-17(11-15)16-8-9-22-12-14-5-3-2-4-13(14)10-19(22)20(16)21-18/h6-7,11,13-14,19,21H,2-5,8-10,12H2,1H3. The molecule has 0 bridgehead atoms. The van der Waals surface area contributed by atoms with Gasteiger partial charge in [-0.15, -0.1) is 0 Å². The van der Waals surface area contributed by atoms with Gasteiger partial charge in [0.05, 0.1) is 13.2 Å². The second-order valence-electron chi connectivity index (χ2n) is 7.73. The number of nitrogens with zero attached hydrogens (tertiary/aromatic N) is 1. The number of methoxy groups -OCH3 is 1. The molecule has 2 aliphatic heterocycles. The minimum Gasteiger partial charge on any atom is -0.497 e. The van der Waals surface area contributed by atoms with Crippen molar-refractivity contribution in [1.82, 2.24) is 9.88 Å². The number of fused-ring (bicyclic) bond motifs is 6. The molecule has 0 radical (unpaired) electrons. The maximum atomic E-state index is 5.44. The normalized spacial score (nSPS) is 30.6. The fourth-order valence-electron chi connectivity index (χ4n) is 5.43. The topological polar surface area (TPSA) is 28.3 Å². The predicted molar refractivity (Wildman–Crippen MR) is 92.9 cm³/mol. The maximum absolute atomic E-state index is 5.44. The Morgan fingerprint density at radius 3 is 2.91 bits per heavy atom. The lowest BCUT2D eigenvalue weighted by Crippen LogP contribution is -2.46. The van der Waals surface area contributed by atoms with Crippen LogP contribution < -0.4 is 4.74 Å². The zero-order valence-electron chi connectivity index (χ0n) is 14.0. The molecule has 3 heterocycles. The third kappa shape index (κ3) is 2.13. The Morgan fingerprint density at radius 2 is 2.04 bits per heavy atom. The van der Waals surface area contributed by atoms with Gasteiger partial charge in [-0.05, 0) is 54.9 Å². The summed E-state index contributed by atoms with van der Waals surface area (Å²) in [6, 6.07) is 7.09. The molecule has 3 unspecified atom stereocenters. The lowest BCUT2D eigenvalue weighted by molar-refractivity contribution is 0.0308. The van der Waals surface area contributed by atoms with E-state index in [2.05, 4.69) is 28.1 Å². The van der Waals surface area contributed by atoms with Gasteiger partial charge >= 0.3 is 0 Å². The Morgan fingerprint density at radius 1 is 1.17 bits per heavy atom. The van der Waals surface area contributed by atoms with Crippen LogP contribution in [-0.4, -0.2) is 30.1 Å². The number of aromatic nitrogens is 1. The summed E-state index contributed by atoms with van der Waals surface area (Å²) >= 11 is 0. The molecule has 1 saturated heterocycles. The van der Waals surface area contributed by atoms with E-state index in [1.54, 1.807) is 12.7 Å². The monoisotopic (exact) mass is 310 g/mol. The van der Waals surface area contributed by atoms with Gasteiger partial charge in [0.25, 0.3) is 0 Å². The number of H-pyrrole nitrogens is 1. The first-order chi connectivity index (χ1) is 11.3. The molecule has 3 atom stereocenters. The quantitative estimate of drug-likeness (QED) is 0.851. The van der Waals surface area contributed by atoms with Crippen molar-refractivity contribution in [2.75, 3.05) is 20.2 Å². The summed E-state index contributed by atoms with van der Waals surface area (Å²) in [5, 5.41) is 1.38. The number of rotatable bonds is 1. The molecule has 1 saturated carbocycles. The first kappa shape index (κ1) is 13.9. The number of aromatic amines is 1. The van der Waals surface area contributed by atoms with Gasteiger partial charge in [0, 0.05) is 29.7 Å². The molecule has 1 aromatic carbocycles. The Kier molecular flexibility index (Phi) is 3.19. The highest BCUT2D eigenvalue weighted by molar-refractivity contribution is 5.86. The van der Waals surface area contributed by atoms with Crippen LogP contribution in [0, 0.1) is 11.8 Å². The predicted octanol–water partition coefficient (Wildman–Crippen LogP) is 4.29. The minimum atomic E-state index is 0.622. The first-order valence-electron chi connectivity index (χ1n) is 9.26. The highest BCUT2D eigenvalue weighted by Gasteiger charge is 2.40. The Labute approximate surface area is 138 Å². The van der Waals surface area contributed by atoms with Crippen molar-refractivity contribution in [2.45, 2.75) is 44.6 Å². The van der Waals surface area contributed by atoms with Crippen LogP contribution in [0.1, 0.15) is 49.4 Å². The van der Waals surface area contributed by atoms with E-state index in [-0.39, 0.29) is 0 Å². The molecule has 3 heteroatoms. The molecule has 1 N–H and O–H groups in total. The van der Waals surface area contributed by atoms with Crippen molar-refractivity contribution in [3.05, 3.63) is 29.5 Å². The summed E-state index contributed by atoms with van der Waals surface area (Å²) < 4.78 is 5.44.